The first-order chi connectivity index (χ1) is 17.7. The molecule has 5 rings (SSSR count). The van der Waals surface area contributed by atoms with Crippen molar-refractivity contribution in [1.82, 2.24) is 24.6 Å². The van der Waals surface area contributed by atoms with E-state index in [1.54, 1.807) is 22.9 Å². The molecule has 1 aliphatic rings. The van der Waals surface area contributed by atoms with E-state index in [1.807, 2.05) is 83.7 Å². The van der Waals surface area contributed by atoms with Gasteiger partial charge in [-0.3, -0.25) is 9.59 Å². The van der Waals surface area contributed by atoms with E-state index in [4.69, 9.17) is 4.74 Å². The molecule has 8 heteroatoms. The highest BCUT2D eigenvalue weighted by molar-refractivity contribution is 5.97. The molecular weight excluding hydrogens is 454 g/mol. The van der Waals surface area contributed by atoms with Gasteiger partial charge in [-0.05, 0) is 43.2 Å². The standard InChI is InChI=1S/C28H29N5O3/c1-36-25-14-6-5-10-21(25)18-29-26(34)22-11-9-17-32(20-22)28(35)24-19-30-33(23-12-3-2-4-13-23)27(24)31-15-7-8-16-31/h2-8,10,12-16,19,22H,9,11,17-18,20H2,1H3,(H,29,34)/t22-/m0/s1. The summed E-state index contributed by atoms with van der Waals surface area (Å²) in [6, 6.07) is 21.2. The number of methoxy groups -OCH3 is 1. The Morgan fingerprint density at radius 2 is 1.78 bits per heavy atom. The Morgan fingerprint density at radius 1 is 1.03 bits per heavy atom. The molecule has 8 nitrogen and oxygen atoms in total. The zero-order valence-electron chi connectivity index (χ0n) is 20.2. The van der Waals surface area contributed by atoms with E-state index < -0.39 is 0 Å². The van der Waals surface area contributed by atoms with Crippen LogP contribution in [0.1, 0.15) is 28.8 Å². The molecule has 184 valence electrons. The Bertz CT molecular complexity index is 1330. The van der Waals surface area contributed by atoms with Crippen molar-refractivity contribution in [3.05, 3.63) is 96.4 Å². The molecule has 2 aromatic heterocycles. The predicted octanol–water partition coefficient (Wildman–Crippen LogP) is 3.84. The van der Waals surface area contributed by atoms with Crippen LogP contribution in [0.25, 0.3) is 11.5 Å². The first kappa shape index (κ1) is 23.4. The average molecular weight is 484 g/mol. The van der Waals surface area contributed by atoms with Crippen molar-refractivity contribution in [2.24, 2.45) is 5.92 Å². The lowest BCUT2D eigenvalue weighted by Gasteiger charge is -2.32. The van der Waals surface area contributed by atoms with Crippen molar-refractivity contribution < 1.29 is 14.3 Å². The summed E-state index contributed by atoms with van der Waals surface area (Å²) in [7, 11) is 1.62. The van der Waals surface area contributed by atoms with Crippen molar-refractivity contribution >= 4 is 11.8 Å². The van der Waals surface area contributed by atoms with Crippen LogP contribution in [0.4, 0.5) is 0 Å². The SMILES string of the molecule is COc1ccccc1CNC(=O)[C@H]1CCCN(C(=O)c2cnn(-c3ccccc3)c2-n2cccc2)C1. The maximum Gasteiger partial charge on any atom is 0.259 e. The van der Waals surface area contributed by atoms with Crippen LogP contribution < -0.4 is 10.1 Å². The van der Waals surface area contributed by atoms with Gasteiger partial charge in [-0.15, -0.1) is 0 Å². The van der Waals surface area contributed by atoms with Crippen LogP contribution in [0.3, 0.4) is 0 Å². The number of likely N-dealkylation sites (tertiary alicyclic amines) is 1. The summed E-state index contributed by atoms with van der Waals surface area (Å²) in [5, 5.41) is 7.57. The van der Waals surface area contributed by atoms with Crippen LogP contribution in [-0.2, 0) is 11.3 Å². The predicted molar refractivity (Wildman–Crippen MR) is 136 cm³/mol. The van der Waals surface area contributed by atoms with Gasteiger partial charge in [0.1, 0.15) is 11.3 Å². The summed E-state index contributed by atoms with van der Waals surface area (Å²) in [5.74, 6) is 0.980. The van der Waals surface area contributed by atoms with Crippen molar-refractivity contribution in [3.8, 4) is 17.3 Å². The number of ether oxygens (including phenoxy) is 1. The van der Waals surface area contributed by atoms with Crippen molar-refractivity contribution in [1.29, 1.82) is 0 Å². The van der Waals surface area contributed by atoms with Gasteiger partial charge in [0.15, 0.2) is 5.82 Å². The Hall–Kier alpha value is -4.33. The molecule has 1 saturated heterocycles. The molecule has 2 amide bonds. The Labute approximate surface area is 210 Å². The number of nitrogens with one attached hydrogen (secondary N) is 1. The largest absolute Gasteiger partial charge is 0.496 e. The Morgan fingerprint density at radius 3 is 2.56 bits per heavy atom. The quantitative estimate of drug-likeness (QED) is 0.433. The number of amides is 2. The molecule has 1 aliphatic heterocycles. The molecule has 0 spiro atoms. The third kappa shape index (κ3) is 4.75. The summed E-state index contributed by atoms with van der Waals surface area (Å²) in [6.45, 7) is 1.36. The number of piperidine rings is 1. The normalized spacial score (nSPS) is 15.5. The van der Waals surface area contributed by atoms with Crippen LogP contribution in [0.5, 0.6) is 5.75 Å². The van der Waals surface area contributed by atoms with Gasteiger partial charge in [0.05, 0.1) is 24.9 Å². The van der Waals surface area contributed by atoms with Crippen LogP contribution in [0.15, 0.2) is 85.3 Å². The second-order valence-electron chi connectivity index (χ2n) is 8.84. The summed E-state index contributed by atoms with van der Waals surface area (Å²) in [6.07, 6.45) is 6.94. The summed E-state index contributed by atoms with van der Waals surface area (Å²) < 4.78 is 9.05. The van der Waals surface area contributed by atoms with E-state index in [-0.39, 0.29) is 17.7 Å². The fourth-order valence-corrected chi connectivity index (χ4v) is 4.70. The average Bonchev–Trinajstić information content (AvgIpc) is 3.62. The van der Waals surface area contributed by atoms with Crippen LogP contribution in [0.2, 0.25) is 0 Å². The highest BCUT2D eigenvalue weighted by Gasteiger charge is 2.31. The lowest BCUT2D eigenvalue weighted by molar-refractivity contribution is -0.126. The van der Waals surface area contributed by atoms with Gasteiger partial charge in [0.25, 0.3) is 5.91 Å². The third-order valence-electron chi connectivity index (χ3n) is 6.55. The minimum Gasteiger partial charge on any atom is -0.496 e. The lowest BCUT2D eigenvalue weighted by atomic mass is 9.96. The van der Waals surface area contributed by atoms with Crippen LogP contribution in [0, 0.1) is 5.92 Å². The summed E-state index contributed by atoms with van der Waals surface area (Å²) >= 11 is 0. The minimum absolute atomic E-state index is 0.0518. The van der Waals surface area contributed by atoms with E-state index in [2.05, 4.69) is 10.4 Å². The Balaban J connectivity index is 1.33. The number of benzene rings is 2. The molecule has 1 N–H and O–H groups in total. The van der Waals surface area contributed by atoms with Gasteiger partial charge in [0, 0.05) is 37.6 Å². The number of rotatable bonds is 7. The number of aromatic nitrogens is 3. The second-order valence-corrected chi connectivity index (χ2v) is 8.84. The van der Waals surface area contributed by atoms with Crippen molar-refractivity contribution in [2.75, 3.05) is 20.2 Å². The maximum absolute atomic E-state index is 13.7. The molecule has 4 aromatic rings. The van der Waals surface area contributed by atoms with E-state index >= 15 is 0 Å². The molecule has 3 heterocycles. The maximum atomic E-state index is 13.7. The number of carbonyl (C=O) groups is 2. The molecule has 1 fully saturated rings. The van der Waals surface area contributed by atoms with Gasteiger partial charge in [-0.2, -0.15) is 5.10 Å². The highest BCUT2D eigenvalue weighted by Crippen LogP contribution is 2.25. The van der Waals surface area contributed by atoms with E-state index in [1.165, 1.54) is 0 Å². The number of carbonyl (C=O) groups excluding carboxylic acids is 2. The summed E-state index contributed by atoms with van der Waals surface area (Å²) in [5.41, 5.74) is 2.29. The second kappa shape index (κ2) is 10.5. The molecule has 2 aromatic carbocycles. The molecule has 0 radical (unpaired) electrons. The highest BCUT2D eigenvalue weighted by atomic mass is 16.5. The third-order valence-corrected chi connectivity index (χ3v) is 6.55. The molecule has 0 aliphatic carbocycles. The van der Waals surface area contributed by atoms with E-state index in [9.17, 15) is 9.59 Å². The molecule has 0 saturated carbocycles. The van der Waals surface area contributed by atoms with Gasteiger partial charge >= 0.3 is 0 Å². The first-order valence-electron chi connectivity index (χ1n) is 12.1. The summed E-state index contributed by atoms with van der Waals surface area (Å²) in [4.78, 5) is 28.5. The van der Waals surface area contributed by atoms with E-state index in [0.29, 0.717) is 31.0 Å². The number of para-hydroxylation sites is 2. The van der Waals surface area contributed by atoms with Crippen LogP contribution in [-0.4, -0.2) is 51.3 Å². The minimum atomic E-state index is -0.267. The van der Waals surface area contributed by atoms with Crippen molar-refractivity contribution in [3.63, 3.8) is 0 Å². The number of nitrogens with zero attached hydrogens (tertiary/aromatic N) is 4. The first-order valence-corrected chi connectivity index (χ1v) is 12.1. The number of hydrogen-bond donors (Lipinski definition) is 1. The van der Waals surface area contributed by atoms with Gasteiger partial charge in [-0.25, -0.2) is 4.68 Å². The fourth-order valence-electron chi connectivity index (χ4n) is 4.70. The monoisotopic (exact) mass is 483 g/mol. The molecule has 0 unspecified atom stereocenters. The van der Waals surface area contributed by atoms with E-state index in [0.717, 1.165) is 29.8 Å². The molecule has 36 heavy (non-hydrogen) atoms. The zero-order valence-corrected chi connectivity index (χ0v) is 20.2. The fraction of sp³-hybridized carbons (Fsp3) is 0.250. The van der Waals surface area contributed by atoms with Crippen molar-refractivity contribution in [2.45, 2.75) is 19.4 Å². The molecule has 1 atom stereocenters. The van der Waals surface area contributed by atoms with Gasteiger partial charge < -0.3 is 19.5 Å². The lowest BCUT2D eigenvalue weighted by Crippen LogP contribution is -2.45. The Kier molecular flexibility index (Phi) is 6.84. The zero-order chi connectivity index (χ0) is 24.9. The smallest absolute Gasteiger partial charge is 0.259 e. The number of hydrogen-bond acceptors (Lipinski definition) is 4. The van der Waals surface area contributed by atoms with Gasteiger partial charge in [0.2, 0.25) is 5.91 Å². The topological polar surface area (TPSA) is 81.4 Å². The molecule has 0 bridgehead atoms. The molecular formula is C28H29N5O3. The van der Waals surface area contributed by atoms with Gasteiger partial charge in [-0.1, -0.05) is 36.4 Å². The van der Waals surface area contributed by atoms with Crippen LogP contribution >= 0.6 is 0 Å².